The number of allylic oxidation sites excluding steroid dienone is 1. The normalized spacial score (nSPS) is 10.4. The molecule has 0 aromatic heterocycles. The molecule has 0 aliphatic heterocycles. The van der Waals surface area contributed by atoms with Gasteiger partial charge in [0.15, 0.2) is 0 Å². The van der Waals surface area contributed by atoms with Gasteiger partial charge in [0.2, 0.25) is 0 Å². The lowest BCUT2D eigenvalue weighted by atomic mass is 10.1. The van der Waals surface area contributed by atoms with E-state index in [4.69, 9.17) is 11.5 Å². The molecule has 0 atom stereocenters. The Morgan fingerprint density at radius 2 is 1.21 bits per heavy atom. The van der Waals surface area contributed by atoms with Gasteiger partial charge in [-0.25, -0.2) is 0 Å². The molecule has 2 heteroatoms. The molecule has 2 nitrogen and oxygen atoms in total. The van der Waals surface area contributed by atoms with Crippen LogP contribution in [0.1, 0.15) is 57.8 Å². The molecule has 0 aliphatic rings. The van der Waals surface area contributed by atoms with Gasteiger partial charge in [0.25, 0.3) is 0 Å². The van der Waals surface area contributed by atoms with Crippen LogP contribution in [0.25, 0.3) is 0 Å². The van der Waals surface area contributed by atoms with Crippen LogP contribution in [0.3, 0.4) is 0 Å². The predicted octanol–water partition coefficient (Wildman–Crippen LogP) is 2.93. The molecule has 4 N–H and O–H groups in total. The fourth-order valence-corrected chi connectivity index (χ4v) is 1.56. The number of rotatable bonds is 10. The lowest BCUT2D eigenvalue weighted by Gasteiger charge is -2.01. The standard InChI is InChI=1S/C12H26N2/c1-12(14)10-8-6-4-2-3-5-7-9-11-13/h1-11,13-14H2. The summed E-state index contributed by atoms with van der Waals surface area (Å²) in [6, 6.07) is 0. The zero-order valence-corrected chi connectivity index (χ0v) is 9.43. The van der Waals surface area contributed by atoms with E-state index in [0.29, 0.717) is 0 Å². The summed E-state index contributed by atoms with van der Waals surface area (Å²) in [4.78, 5) is 0. The van der Waals surface area contributed by atoms with Crippen LogP contribution in [0.2, 0.25) is 0 Å². The first-order valence-corrected chi connectivity index (χ1v) is 5.90. The molecule has 14 heavy (non-hydrogen) atoms. The summed E-state index contributed by atoms with van der Waals surface area (Å²) < 4.78 is 0. The van der Waals surface area contributed by atoms with Gasteiger partial charge in [0.05, 0.1) is 0 Å². The molecular formula is C12H26N2. The number of hydrogen-bond donors (Lipinski definition) is 2. The summed E-state index contributed by atoms with van der Waals surface area (Å²) in [6.45, 7) is 4.53. The lowest BCUT2D eigenvalue weighted by Crippen LogP contribution is -1.97. The van der Waals surface area contributed by atoms with Crippen molar-refractivity contribution in [1.82, 2.24) is 0 Å². The first-order valence-electron chi connectivity index (χ1n) is 5.90. The van der Waals surface area contributed by atoms with Crippen molar-refractivity contribution in [2.75, 3.05) is 6.54 Å². The molecule has 0 saturated carbocycles. The van der Waals surface area contributed by atoms with E-state index >= 15 is 0 Å². The van der Waals surface area contributed by atoms with Crippen molar-refractivity contribution in [3.63, 3.8) is 0 Å². The SMILES string of the molecule is C=C(N)CCCCCCCCCCN. The third kappa shape index (κ3) is 11.5. The molecule has 0 aromatic rings. The lowest BCUT2D eigenvalue weighted by molar-refractivity contribution is 0.569. The molecular weight excluding hydrogens is 172 g/mol. The van der Waals surface area contributed by atoms with Crippen LogP contribution in [0.15, 0.2) is 12.3 Å². The Hall–Kier alpha value is -0.500. The van der Waals surface area contributed by atoms with Gasteiger partial charge >= 0.3 is 0 Å². The molecule has 84 valence electrons. The highest BCUT2D eigenvalue weighted by Gasteiger charge is 1.92. The second-order valence-electron chi connectivity index (χ2n) is 4.03. The Bertz CT molecular complexity index is 132. The summed E-state index contributed by atoms with van der Waals surface area (Å²) in [7, 11) is 0. The van der Waals surface area contributed by atoms with Crippen LogP contribution in [-0.4, -0.2) is 6.54 Å². The van der Waals surface area contributed by atoms with Crippen molar-refractivity contribution in [2.24, 2.45) is 11.5 Å². The van der Waals surface area contributed by atoms with Crippen molar-refractivity contribution in [3.8, 4) is 0 Å². The van der Waals surface area contributed by atoms with Gasteiger partial charge in [-0.1, -0.05) is 45.1 Å². The molecule has 0 bridgehead atoms. The third-order valence-electron chi connectivity index (χ3n) is 2.45. The van der Waals surface area contributed by atoms with Gasteiger partial charge in [-0.2, -0.15) is 0 Å². The van der Waals surface area contributed by atoms with Crippen molar-refractivity contribution in [3.05, 3.63) is 12.3 Å². The molecule has 0 aliphatic carbocycles. The van der Waals surface area contributed by atoms with Crippen LogP contribution in [-0.2, 0) is 0 Å². The minimum atomic E-state index is 0.827. The van der Waals surface area contributed by atoms with Crippen LogP contribution < -0.4 is 11.5 Å². The van der Waals surface area contributed by atoms with Crippen molar-refractivity contribution >= 4 is 0 Å². The second kappa shape index (κ2) is 10.6. The fourth-order valence-electron chi connectivity index (χ4n) is 1.56. The fraction of sp³-hybridized carbons (Fsp3) is 0.833. The predicted molar refractivity (Wildman–Crippen MR) is 63.9 cm³/mol. The van der Waals surface area contributed by atoms with Crippen molar-refractivity contribution in [2.45, 2.75) is 57.8 Å². The van der Waals surface area contributed by atoms with Gasteiger partial charge in [-0.3, -0.25) is 0 Å². The van der Waals surface area contributed by atoms with E-state index in [-0.39, 0.29) is 0 Å². The minimum Gasteiger partial charge on any atom is -0.403 e. The minimum absolute atomic E-state index is 0.827. The second-order valence-corrected chi connectivity index (χ2v) is 4.03. The van der Waals surface area contributed by atoms with E-state index in [1.807, 2.05) is 0 Å². The highest BCUT2D eigenvalue weighted by Crippen LogP contribution is 2.10. The first kappa shape index (κ1) is 13.5. The summed E-state index contributed by atoms with van der Waals surface area (Å²) in [5.74, 6) is 0. The first-order chi connectivity index (χ1) is 6.77. The van der Waals surface area contributed by atoms with E-state index in [1.54, 1.807) is 0 Å². The largest absolute Gasteiger partial charge is 0.403 e. The average molecular weight is 198 g/mol. The van der Waals surface area contributed by atoms with Crippen molar-refractivity contribution < 1.29 is 0 Å². The Kier molecular flexibility index (Phi) is 10.2. The Labute approximate surface area is 88.7 Å². The van der Waals surface area contributed by atoms with Crippen LogP contribution >= 0.6 is 0 Å². The monoisotopic (exact) mass is 198 g/mol. The maximum Gasteiger partial charge on any atom is 0.000744 e. The van der Waals surface area contributed by atoms with E-state index in [0.717, 1.165) is 18.7 Å². The smallest absolute Gasteiger partial charge is 0.000744 e. The molecule has 0 radical (unpaired) electrons. The zero-order chi connectivity index (χ0) is 10.6. The molecule has 0 unspecified atom stereocenters. The highest BCUT2D eigenvalue weighted by molar-refractivity contribution is 4.84. The summed E-state index contributed by atoms with van der Waals surface area (Å²) in [6.07, 6.45) is 11.4. The summed E-state index contributed by atoms with van der Waals surface area (Å²) in [5, 5.41) is 0. The maximum atomic E-state index is 5.48. The molecule has 0 amide bonds. The number of unbranched alkanes of at least 4 members (excludes halogenated alkanes) is 7. The Morgan fingerprint density at radius 3 is 1.64 bits per heavy atom. The van der Waals surface area contributed by atoms with E-state index in [1.165, 1.54) is 51.4 Å². The Balaban J connectivity index is 2.88. The Morgan fingerprint density at radius 1 is 0.786 bits per heavy atom. The molecule has 0 aromatic carbocycles. The van der Waals surface area contributed by atoms with Crippen molar-refractivity contribution in [1.29, 1.82) is 0 Å². The molecule has 0 rings (SSSR count). The zero-order valence-electron chi connectivity index (χ0n) is 9.43. The van der Waals surface area contributed by atoms with Gasteiger partial charge in [0.1, 0.15) is 0 Å². The van der Waals surface area contributed by atoms with Gasteiger partial charge in [0, 0.05) is 5.70 Å². The summed E-state index contributed by atoms with van der Waals surface area (Å²) >= 11 is 0. The number of nitrogens with two attached hydrogens (primary N) is 2. The van der Waals surface area contributed by atoms with Gasteiger partial charge < -0.3 is 11.5 Å². The highest BCUT2D eigenvalue weighted by atomic mass is 14.5. The topological polar surface area (TPSA) is 52.0 Å². The van der Waals surface area contributed by atoms with Crippen LogP contribution in [0, 0.1) is 0 Å². The molecule has 0 spiro atoms. The van der Waals surface area contributed by atoms with Gasteiger partial charge in [-0.05, 0) is 25.8 Å². The summed E-state index contributed by atoms with van der Waals surface area (Å²) in [5.41, 5.74) is 11.7. The average Bonchev–Trinajstić information content (AvgIpc) is 2.15. The third-order valence-corrected chi connectivity index (χ3v) is 2.45. The van der Waals surface area contributed by atoms with E-state index in [9.17, 15) is 0 Å². The number of hydrogen-bond acceptors (Lipinski definition) is 2. The maximum absolute atomic E-state index is 5.48. The molecule has 0 fully saturated rings. The molecule has 0 saturated heterocycles. The molecule has 0 heterocycles. The van der Waals surface area contributed by atoms with Crippen LogP contribution in [0.4, 0.5) is 0 Å². The van der Waals surface area contributed by atoms with E-state index in [2.05, 4.69) is 6.58 Å². The van der Waals surface area contributed by atoms with E-state index < -0.39 is 0 Å². The van der Waals surface area contributed by atoms with Crippen LogP contribution in [0.5, 0.6) is 0 Å². The van der Waals surface area contributed by atoms with Gasteiger partial charge in [-0.15, -0.1) is 0 Å². The quantitative estimate of drug-likeness (QED) is 0.530.